The molecule has 1 aromatic rings. The van der Waals surface area contributed by atoms with Crippen molar-refractivity contribution in [1.82, 2.24) is 4.90 Å². The average Bonchev–Trinajstić information content (AvgIpc) is 2.54. The van der Waals surface area contributed by atoms with Gasteiger partial charge in [-0.1, -0.05) is 39.0 Å². The predicted molar refractivity (Wildman–Crippen MR) is 111 cm³/mol. The van der Waals surface area contributed by atoms with E-state index in [2.05, 4.69) is 64.9 Å². The molecule has 9 heteroatoms. The molecule has 0 saturated heterocycles. The van der Waals surface area contributed by atoms with Gasteiger partial charge in [-0.05, 0) is 37.6 Å². The normalized spacial score (nSPS) is 11.5. The van der Waals surface area contributed by atoms with Crippen LogP contribution in [-0.4, -0.2) is 76.1 Å². The molecule has 0 amide bonds. The molecule has 0 fully saturated rings. The van der Waals surface area contributed by atoms with Crippen LogP contribution in [-0.2, 0) is 19.8 Å². The number of ether oxygens (including phenoxy) is 1. The monoisotopic (exact) mass is 427 g/mol. The number of aliphatic carboxylic acids is 3. The first-order valence-corrected chi connectivity index (χ1v) is 9.37. The number of rotatable bonds is 9. The van der Waals surface area contributed by atoms with E-state index in [4.69, 9.17) is 25.2 Å². The SMILES string of the molecule is Cc1cccc(C(C)(C)C)c1OCCN(C)C.O=C(O)CC(O)(CC(=O)O)C(=O)O. The number of hydrogen-bond acceptors (Lipinski definition) is 6. The summed E-state index contributed by atoms with van der Waals surface area (Å²) in [5, 5.41) is 33.8. The summed E-state index contributed by atoms with van der Waals surface area (Å²) >= 11 is 0. The minimum atomic E-state index is -2.74. The zero-order valence-corrected chi connectivity index (χ0v) is 18.4. The summed E-state index contributed by atoms with van der Waals surface area (Å²) in [6.07, 6.45) is -2.29. The summed E-state index contributed by atoms with van der Waals surface area (Å²) in [6, 6.07) is 6.38. The minimum absolute atomic E-state index is 0.124. The van der Waals surface area contributed by atoms with Crippen LogP contribution in [0.2, 0.25) is 0 Å². The number of nitrogens with zero attached hydrogens (tertiary/aromatic N) is 1. The van der Waals surface area contributed by atoms with E-state index in [1.54, 1.807) is 0 Å². The number of carboxylic acid groups (broad SMARTS) is 3. The van der Waals surface area contributed by atoms with Crippen molar-refractivity contribution in [3.63, 3.8) is 0 Å². The highest BCUT2D eigenvalue weighted by molar-refractivity contribution is 5.88. The first-order valence-electron chi connectivity index (χ1n) is 9.37. The molecule has 1 rings (SSSR count). The highest BCUT2D eigenvalue weighted by atomic mass is 16.5. The Morgan fingerprint density at radius 3 is 1.87 bits per heavy atom. The quantitative estimate of drug-likeness (QED) is 0.465. The molecule has 1 aromatic carbocycles. The summed E-state index contributed by atoms with van der Waals surface area (Å²) < 4.78 is 5.96. The van der Waals surface area contributed by atoms with Gasteiger partial charge in [0.25, 0.3) is 0 Å². The molecule has 0 spiro atoms. The molecular weight excluding hydrogens is 394 g/mol. The van der Waals surface area contributed by atoms with Crippen LogP contribution in [0.3, 0.4) is 0 Å². The van der Waals surface area contributed by atoms with E-state index in [0.717, 1.165) is 18.9 Å². The van der Waals surface area contributed by atoms with Crippen molar-refractivity contribution >= 4 is 17.9 Å². The van der Waals surface area contributed by atoms with E-state index in [1.165, 1.54) is 11.1 Å². The second kappa shape index (κ2) is 11.5. The Morgan fingerprint density at radius 2 is 1.50 bits per heavy atom. The molecule has 9 nitrogen and oxygen atoms in total. The molecule has 0 radical (unpaired) electrons. The number of hydrogen-bond donors (Lipinski definition) is 4. The van der Waals surface area contributed by atoms with Crippen LogP contribution in [0, 0.1) is 6.92 Å². The van der Waals surface area contributed by atoms with Crippen LogP contribution in [0.1, 0.15) is 44.7 Å². The summed E-state index contributed by atoms with van der Waals surface area (Å²) in [7, 11) is 4.12. The number of likely N-dealkylation sites (N-methyl/N-ethyl adjacent to an activating group) is 1. The Balaban J connectivity index is 0.000000584. The fourth-order valence-corrected chi connectivity index (χ4v) is 2.48. The first-order chi connectivity index (χ1) is 13.6. The van der Waals surface area contributed by atoms with Crippen LogP contribution in [0.5, 0.6) is 5.75 Å². The van der Waals surface area contributed by atoms with Crippen LogP contribution in [0.4, 0.5) is 0 Å². The summed E-state index contributed by atoms with van der Waals surface area (Å²) in [6.45, 7) is 10.5. The lowest BCUT2D eigenvalue weighted by Gasteiger charge is -2.24. The zero-order valence-electron chi connectivity index (χ0n) is 18.4. The van der Waals surface area contributed by atoms with Crippen LogP contribution in [0.15, 0.2) is 18.2 Å². The van der Waals surface area contributed by atoms with Gasteiger partial charge in [0.15, 0.2) is 5.60 Å². The second-order valence-corrected chi connectivity index (χ2v) is 8.33. The lowest BCUT2D eigenvalue weighted by molar-refractivity contribution is -0.170. The molecule has 0 atom stereocenters. The van der Waals surface area contributed by atoms with E-state index in [0.29, 0.717) is 0 Å². The van der Waals surface area contributed by atoms with Crippen molar-refractivity contribution in [3.8, 4) is 5.75 Å². The Hall–Kier alpha value is -2.65. The number of carboxylic acids is 3. The fourth-order valence-electron chi connectivity index (χ4n) is 2.48. The third kappa shape index (κ3) is 9.71. The maximum Gasteiger partial charge on any atom is 0.336 e. The third-order valence-electron chi connectivity index (χ3n) is 4.09. The number of aliphatic hydroxyl groups is 1. The Labute approximate surface area is 176 Å². The number of para-hydroxylation sites is 1. The molecule has 170 valence electrons. The largest absolute Gasteiger partial charge is 0.492 e. The van der Waals surface area contributed by atoms with Gasteiger partial charge in [-0.3, -0.25) is 9.59 Å². The smallest absolute Gasteiger partial charge is 0.336 e. The van der Waals surface area contributed by atoms with Crippen molar-refractivity contribution < 1.29 is 39.5 Å². The zero-order chi connectivity index (χ0) is 23.7. The minimum Gasteiger partial charge on any atom is -0.492 e. The van der Waals surface area contributed by atoms with Gasteiger partial charge >= 0.3 is 17.9 Å². The van der Waals surface area contributed by atoms with Gasteiger partial charge in [0, 0.05) is 6.54 Å². The molecule has 30 heavy (non-hydrogen) atoms. The van der Waals surface area contributed by atoms with E-state index in [1.807, 2.05) is 0 Å². The van der Waals surface area contributed by atoms with Crippen molar-refractivity contribution in [3.05, 3.63) is 29.3 Å². The van der Waals surface area contributed by atoms with Crippen molar-refractivity contribution in [2.75, 3.05) is 27.2 Å². The molecule has 0 aliphatic carbocycles. The maximum absolute atomic E-state index is 10.3. The number of aryl methyl sites for hydroxylation is 1. The second-order valence-electron chi connectivity index (χ2n) is 8.33. The molecule has 0 unspecified atom stereocenters. The summed E-state index contributed by atoms with van der Waals surface area (Å²) in [5.74, 6) is -3.96. The molecule has 0 heterocycles. The molecule has 0 bridgehead atoms. The highest BCUT2D eigenvalue weighted by Gasteiger charge is 2.40. The van der Waals surface area contributed by atoms with E-state index < -0.39 is 36.4 Å². The Kier molecular flexibility index (Phi) is 10.5. The van der Waals surface area contributed by atoms with Gasteiger partial charge in [-0.15, -0.1) is 0 Å². The van der Waals surface area contributed by atoms with Crippen molar-refractivity contribution in [1.29, 1.82) is 0 Å². The summed E-state index contributed by atoms with van der Waals surface area (Å²) in [5.41, 5.74) is -0.107. The molecule has 4 N–H and O–H groups in total. The van der Waals surface area contributed by atoms with Gasteiger partial charge in [0.2, 0.25) is 0 Å². The fraction of sp³-hybridized carbons (Fsp3) is 0.571. The Morgan fingerprint density at radius 1 is 1.00 bits per heavy atom. The van der Waals surface area contributed by atoms with Crippen LogP contribution < -0.4 is 4.74 Å². The molecule has 0 aliphatic rings. The number of carbonyl (C=O) groups is 3. The Bertz CT molecular complexity index is 721. The lowest BCUT2D eigenvalue weighted by Crippen LogP contribution is -2.42. The van der Waals surface area contributed by atoms with Crippen molar-refractivity contribution in [2.24, 2.45) is 0 Å². The van der Waals surface area contributed by atoms with Gasteiger partial charge < -0.3 is 30.1 Å². The van der Waals surface area contributed by atoms with Crippen LogP contribution in [0.25, 0.3) is 0 Å². The van der Waals surface area contributed by atoms with E-state index in [9.17, 15) is 14.4 Å². The van der Waals surface area contributed by atoms with Gasteiger partial charge in [-0.25, -0.2) is 4.79 Å². The van der Waals surface area contributed by atoms with Gasteiger partial charge in [-0.2, -0.15) is 0 Å². The van der Waals surface area contributed by atoms with Gasteiger partial charge in [0.1, 0.15) is 12.4 Å². The maximum atomic E-state index is 10.3. The van der Waals surface area contributed by atoms with Gasteiger partial charge in [0.05, 0.1) is 12.8 Å². The predicted octanol–water partition coefficient (Wildman–Crippen LogP) is 1.98. The lowest BCUT2D eigenvalue weighted by atomic mass is 9.85. The third-order valence-corrected chi connectivity index (χ3v) is 4.09. The van der Waals surface area contributed by atoms with Crippen molar-refractivity contribution in [2.45, 2.75) is 51.6 Å². The standard InChI is InChI=1S/C15H25NO.C6H8O7/c1-12-8-7-9-13(15(2,3)4)14(12)17-11-10-16(5)6;7-3(8)1-6(13,5(11)12)2-4(9)10/h7-9H,10-11H2,1-6H3;13H,1-2H2,(H,7,8)(H,9,10)(H,11,12). The van der Waals surface area contributed by atoms with E-state index >= 15 is 0 Å². The van der Waals surface area contributed by atoms with E-state index in [-0.39, 0.29) is 5.41 Å². The van der Waals surface area contributed by atoms with Crippen LogP contribution >= 0.6 is 0 Å². The first kappa shape index (κ1) is 27.4. The molecule has 0 aliphatic heterocycles. The highest BCUT2D eigenvalue weighted by Crippen LogP contribution is 2.33. The molecular formula is C21H33NO8. The topological polar surface area (TPSA) is 145 Å². The summed E-state index contributed by atoms with van der Waals surface area (Å²) in [4.78, 5) is 32.6. The number of benzene rings is 1. The average molecular weight is 427 g/mol. The molecule has 0 aromatic heterocycles. The molecule has 0 saturated carbocycles.